The number of aryl methyl sites for hydroxylation is 1. The summed E-state index contributed by atoms with van der Waals surface area (Å²) in [4.78, 5) is 20.2. The maximum Gasteiger partial charge on any atom is 0.317 e. The van der Waals surface area contributed by atoms with Crippen LogP contribution in [0.2, 0.25) is 0 Å². The molecule has 5 nitrogen and oxygen atoms in total. The molecule has 2 amide bonds. The number of aromatic nitrogens is 1. The standard InChI is InChI=1S/C11H18N4OS/c1-3-12-10(16)14-4-6-15(7-5-14)11-13-9(2)8-17-11/h8H,3-7H2,1-2H3,(H,12,16). The minimum Gasteiger partial charge on any atom is -0.345 e. The molecule has 94 valence electrons. The molecule has 1 aliphatic rings. The highest BCUT2D eigenvalue weighted by molar-refractivity contribution is 7.13. The Labute approximate surface area is 105 Å². The van der Waals surface area contributed by atoms with E-state index < -0.39 is 0 Å². The van der Waals surface area contributed by atoms with Crippen molar-refractivity contribution in [1.82, 2.24) is 15.2 Å². The van der Waals surface area contributed by atoms with Crippen LogP contribution in [0.5, 0.6) is 0 Å². The zero-order valence-electron chi connectivity index (χ0n) is 10.3. The number of carbonyl (C=O) groups excluding carboxylic acids is 1. The predicted molar refractivity (Wildman–Crippen MR) is 69.7 cm³/mol. The van der Waals surface area contributed by atoms with Crippen LogP contribution in [0.25, 0.3) is 0 Å². The first kappa shape index (κ1) is 12.2. The molecule has 0 atom stereocenters. The summed E-state index contributed by atoms with van der Waals surface area (Å²) in [6.07, 6.45) is 0. The first-order valence-corrected chi connectivity index (χ1v) is 6.78. The van der Waals surface area contributed by atoms with Gasteiger partial charge in [0.1, 0.15) is 0 Å². The molecule has 0 unspecified atom stereocenters. The van der Waals surface area contributed by atoms with Gasteiger partial charge in [0, 0.05) is 38.1 Å². The molecule has 1 saturated heterocycles. The van der Waals surface area contributed by atoms with Gasteiger partial charge in [0.2, 0.25) is 0 Å². The van der Waals surface area contributed by atoms with E-state index in [1.807, 2.05) is 18.7 Å². The second-order valence-corrected chi connectivity index (χ2v) is 4.92. The van der Waals surface area contributed by atoms with Crippen LogP contribution >= 0.6 is 11.3 Å². The summed E-state index contributed by atoms with van der Waals surface area (Å²) in [5.74, 6) is 0. The Hall–Kier alpha value is -1.30. The molecule has 0 spiro atoms. The van der Waals surface area contributed by atoms with E-state index in [9.17, 15) is 4.79 Å². The topological polar surface area (TPSA) is 48.5 Å². The third-order valence-corrected chi connectivity index (χ3v) is 3.79. The number of hydrogen-bond acceptors (Lipinski definition) is 4. The highest BCUT2D eigenvalue weighted by atomic mass is 32.1. The van der Waals surface area contributed by atoms with Crippen LogP contribution < -0.4 is 10.2 Å². The molecular formula is C11H18N4OS. The number of thiazole rings is 1. The Morgan fingerprint density at radius 3 is 2.71 bits per heavy atom. The van der Waals surface area contributed by atoms with Crippen molar-refractivity contribution in [2.75, 3.05) is 37.6 Å². The van der Waals surface area contributed by atoms with Crippen LogP contribution in [0.3, 0.4) is 0 Å². The van der Waals surface area contributed by atoms with Gasteiger partial charge in [-0.2, -0.15) is 0 Å². The Morgan fingerprint density at radius 2 is 2.18 bits per heavy atom. The van der Waals surface area contributed by atoms with Crippen LogP contribution in [0, 0.1) is 6.92 Å². The van der Waals surface area contributed by atoms with Gasteiger partial charge in [0.05, 0.1) is 5.69 Å². The quantitative estimate of drug-likeness (QED) is 0.865. The van der Waals surface area contributed by atoms with Crippen molar-refractivity contribution in [1.29, 1.82) is 0 Å². The third-order valence-electron chi connectivity index (χ3n) is 2.77. The summed E-state index contributed by atoms with van der Waals surface area (Å²) >= 11 is 1.67. The number of piperazine rings is 1. The summed E-state index contributed by atoms with van der Waals surface area (Å²) in [7, 11) is 0. The molecule has 1 fully saturated rings. The Kier molecular flexibility index (Phi) is 3.83. The van der Waals surface area contributed by atoms with Crippen molar-refractivity contribution in [3.8, 4) is 0 Å². The van der Waals surface area contributed by atoms with Crippen molar-refractivity contribution in [2.45, 2.75) is 13.8 Å². The molecule has 0 radical (unpaired) electrons. The Morgan fingerprint density at radius 1 is 1.47 bits per heavy atom. The molecule has 1 aromatic heterocycles. The van der Waals surface area contributed by atoms with E-state index in [-0.39, 0.29) is 6.03 Å². The molecule has 1 aliphatic heterocycles. The lowest BCUT2D eigenvalue weighted by atomic mass is 10.3. The van der Waals surface area contributed by atoms with Crippen LogP contribution in [-0.4, -0.2) is 48.6 Å². The van der Waals surface area contributed by atoms with Gasteiger partial charge in [-0.05, 0) is 13.8 Å². The van der Waals surface area contributed by atoms with Crippen LogP contribution in [-0.2, 0) is 0 Å². The molecule has 6 heteroatoms. The van der Waals surface area contributed by atoms with Gasteiger partial charge < -0.3 is 15.1 Å². The van der Waals surface area contributed by atoms with Crippen molar-refractivity contribution >= 4 is 22.5 Å². The molecular weight excluding hydrogens is 236 g/mol. The molecule has 2 rings (SSSR count). The first-order chi connectivity index (χ1) is 8.20. The predicted octanol–water partition coefficient (Wildman–Crippen LogP) is 1.30. The van der Waals surface area contributed by atoms with E-state index in [4.69, 9.17) is 0 Å². The zero-order valence-corrected chi connectivity index (χ0v) is 11.1. The fraction of sp³-hybridized carbons (Fsp3) is 0.636. The minimum atomic E-state index is 0.0440. The highest BCUT2D eigenvalue weighted by Gasteiger charge is 2.21. The van der Waals surface area contributed by atoms with Gasteiger partial charge >= 0.3 is 6.03 Å². The van der Waals surface area contributed by atoms with Crippen molar-refractivity contribution in [2.24, 2.45) is 0 Å². The van der Waals surface area contributed by atoms with E-state index >= 15 is 0 Å². The molecule has 0 saturated carbocycles. The number of urea groups is 1. The number of nitrogens with one attached hydrogen (secondary N) is 1. The van der Waals surface area contributed by atoms with E-state index in [0.29, 0.717) is 6.54 Å². The lowest BCUT2D eigenvalue weighted by Gasteiger charge is -2.34. The van der Waals surface area contributed by atoms with E-state index in [2.05, 4.69) is 20.6 Å². The molecule has 17 heavy (non-hydrogen) atoms. The van der Waals surface area contributed by atoms with E-state index in [1.165, 1.54) is 0 Å². The van der Waals surface area contributed by atoms with Crippen LogP contribution in [0.15, 0.2) is 5.38 Å². The van der Waals surface area contributed by atoms with Gasteiger partial charge in [-0.1, -0.05) is 0 Å². The van der Waals surface area contributed by atoms with Gasteiger partial charge in [-0.15, -0.1) is 11.3 Å². The molecule has 0 aliphatic carbocycles. The normalized spacial score (nSPS) is 16.1. The Balaban J connectivity index is 1.88. The van der Waals surface area contributed by atoms with Gasteiger partial charge in [-0.3, -0.25) is 0 Å². The highest BCUT2D eigenvalue weighted by Crippen LogP contribution is 2.21. The number of hydrogen-bond donors (Lipinski definition) is 1. The van der Waals surface area contributed by atoms with Crippen molar-refractivity contribution in [3.05, 3.63) is 11.1 Å². The van der Waals surface area contributed by atoms with Gasteiger partial charge in [-0.25, -0.2) is 9.78 Å². The average Bonchev–Trinajstić information content (AvgIpc) is 2.76. The number of anilines is 1. The third kappa shape index (κ3) is 2.88. The summed E-state index contributed by atoms with van der Waals surface area (Å²) in [5, 5.41) is 5.96. The SMILES string of the molecule is CCNC(=O)N1CCN(c2nc(C)cs2)CC1. The lowest BCUT2D eigenvalue weighted by Crippen LogP contribution is -2.51. The minimum absolute atomic E-state index is 0.0440. The van der Waals surface area contributed by atoms with E-state index in [0.717, 1.165) is 37.0 Å². The summed E-state index contributed by atoms with van der Waals surface area (Å²) in [6.45, 7) is 7.89. The fourth-order valence-corrected chi connectivity index (χ4v) is 2.71. The maximum absolute atomic E-state index is 11.6. The van der Waals surface area contributed by atoms with E-state index in [1.54, 1.807) is 11.3 Å². The maximum atomic E-state index is 11.6. The second-order valence-electron chi connectivity index (χ2n) is 4.08. The zero-order chi connectivity index (χ0) is 12.3. The van der Waals surface area contributed by atoms with Gasteiger partial charge in [0.15, 0.2) is 5.13 Å². The molecule has 0 bridgehead atoms. The number of carbonyl (C=O) groups is 1. The number of nitrogens with zero attached hydrogens (tertiary/aromatic N) is 3. The molecule has 0 aromatic carbocycles. The molecule has 2 heterocycles. The summed E-state index contributed by atoms with van der Waals surface area (Å²) < 4.78 is 0. The number of amides is 2. The lowest BCUT2D eigenvalue weighted by molar-refractivity contribution is 0.195. The van der Waals surface area contributed by atoms with Crippen LogP contribution in [0.1, 0.15) is 12.6 Å². The monoisotopic (exact) mass is 254 g/mol. The second kappa shape index (κ2) is 5.35. The first-order valence-electron chi connectivity index (χ1n) is 5.90. The molecule has 1 N–H and O–H groups in total. The number of rotatable bonds is 2. The largest absolute Gasteiger partial charge is 0.345 e. The van der Waals surface area contributed by atoms with Crippen molar-refractivity contribution in [3.63, 3.8) is 0 Å². The Bertz CT molecular complexity index is 385. The molecule has 1 aromatic rings. The van der Waals surface area contributed by atoms with Crippen LogP contribution in [0.4, 0.5) is 9.93 Å². The average molecular weight is 254 g/mol. The summed E-state index contributed by atoms with van der Waals surface area (Å²) in [6, 6.07) is 0.0440. The van der Waals surface area contributed by atoms with Gasteiger partial charge in [0.25, 0.3) is 0 Å². The smallest absolute Gasteiger partial charge is 0.317 e. The summed E-state index contributed by atoms with van der Waals surface area (Å²) in [5.41, 5.74) is 1.07. The van der Waals surface area contributed by atoms with Crippen molar-refractivity contribution < 1.29 is 4.79 Å². The fourth-order valence-electron chi connectivity index (χ4n) is 1.85.